The van der Waals surface area contributed by atoms with Crippen molar-refractivity contribution in [2.75, 3.05) is 0 Å². The number of carbonyl (C=O) groups is 1. The maximum Gasteiger partial charge on any atom is 0.371 e. The summed E-state index contributed by atoms with van der Waals surface area (Å²) in [5.41, 5.74) is 1.92. The first kappa shape index (κ1) is 13.4. The number of nitrogens with one attached hydrogen (secondary N) is 2. The molecule has 3 rings (SSSR count). The molecule has 0 aliphatic carbocycles. The van der Waals surface area contributed by atoms with Crippen molar-refractivity contribution in [2.24, 2.45) is 0 Å². The van der Waals surface area contributed by atoms with Gasteiger partial charge in [-0.15, -0.1) is 0 Å². The van der Waals surface area contributed by atoms with Crippen LogP contribution < -0.4 is 5.32 Å². The molecule has 6 nitrogen and oxygen atoms in total. The first-order valence-corrected chi connectivity index (χ1v) is 6.63. The lowest BCUT2D eigenvalue weighted by Gasteiger charge is -2.09. The van der Waals surface area contributed by atoms with Gasteiger partial charge in [0, 0.05) is 0 Å². The number of furan rings is 1. The van der Waals surface area contributed by atoms with E-state index in [2.05, 4.69) is 15.3 Å². The monoisotopic (exact) mass is 285 g/mol. The molecule has 0 saturated heterocycles. The highest BCUT2D eigenvalue weighted by Crippen LogP contribution is 2.16. The van der Waals surface area contributed by atoms with Crippen LogP contribution in [0.4, 0.5) is 0 Å². The first-order valence-electron chi connectivity index (χ1n) is 6.63. The molecule has 0 aliphatic rings. The summed E-state index contributed by atoms with van der Waals surface area (Å²) < 4.78 is 5.20. The van der Waals surface area contributed by atoms with E-state index in [1.165, 1.54) is 6.07 Å². The van der Waals surface area contributed by atoms with Crippen LogP contribution in [0.1, 0.15) is 35.1 Å². The Bertz CT molecular complexity index is 742. The molecule has 0 spiro atoms. The van der Waals surface area contributed by atoms with Gasteiger partial charge in [0.15, 0.2) is 0 Å². The number of hydrogen-bond donors (Lipinski definition) is 3. The second kappa shape index (κ2) is 5.41. The Morgan fingerprint density at radius 3 is 2.90 bits per heavy atom. The Kier molecular flexibility index (Phi) is 3.45. The summed E-state index contributed by atoms with van der Waals surface area (Å²) in [4.78, 5) is 18.5. The van der Waals surface area contributed by atoms with Crippen LogP contribution in [0.5, 0.6) is 0 Å². The quantitative estimate of drug-likeness (QED) is 0.670. The zero-order valence-electron chi connectivity index (χ0n) is 11.5. The smallest absolute Gasteiger partial charge is 0.371 e. The molecule has 2 aromatic heterocycles. The minimum Gasteiger partial charge on any atom is -0.475 e. The summed E-state index contributed by atoms with van der Waals surface area (Å²) >= 11 is 0. The predicted octanol–water partition coefficient (Wildman–Crippen LogP) is 2.70. The van der Waals surface area contributed by atoms with E-state index < -0.39 is 5.97 Å². The van der Waals surface area contributed by atoms with Gasteiger partial charge in [-0.25, -0.2) is 9.78 Å². The molecule has 0 aliphatic heterocycles. The lowest BCUT2D eigenvalue weighted by Crippen LogP contribution is -2.18. The summed E-state index contributed by atoms with van der Waals surface area (Å²) in [6, 6.07) is 10.9. The van der Waals surface area contributed by atoms with Crippen LogP contribution in [-0.2, 0) is 6.54 Å². The summed E-state index contributed by atoms with van der Waals surface area (Å²) in [5, 5.41) is 12.1. The van der Waals surface area contributed by atoms with Gasteiger partial charge < -0.3 is 19.8 Å². The molecule has 0 fully saturated rings. The molecule has 3 N–H and O–H groups in total. The lowest BCUT2D eigenvalue weighted by atomic mass is 10.3. The molecule has 0 amide bonds. The van der Waals surface area contributed by atoms with Crippen molar-refractivity contribution in [3.05, 3.63) is 53.7 Å². The first-order chi connectivity index (χ1) is 10.1. The number of H-pyrrole nitrogens is 1. The van der Waals surface area contributed by atoms with Crippen molar-refractivity contribution >= 4 is 17.0 Å². The van der Waals surface area contributed by atoms with Crippen molar-refractivity contribution in [3.8, 4) is 0 Å². The number of aromatic amines is 1. The van der Waals surface area contributed by atoms with E-state index >= 15 is 0 Å². The largest absolute Gasteiger partial charge is 0.475 e. The van der Waals surface area contributed by atoms with E-state index in [1.54, 1.807) is 6.07 Å². The molecule has 6 heteroatoms. The van der Waals surface area contributed by atoms with Crippen LogP contribution in [0.2, 0.25) is 0 Å². The molecule has 1 unspecified atom stereocenters. The molecule has 21 heavy (non-hydrogen) atoms. The average molecular weight is 285 g/mol. The molecule has 0 radical (unpaired) electrons. The summed E-state index contributed by atoms with van der Waals surface area (Å²) in [7, 11) is 0. The number of benzene rings is 1. The molecule has 3 aromatic rings. The fraction of sp³-hybridized carbons (Fsp3) is 0.200. The molecule has 0 bridgehead atoms. The molecule has 2 heterocycles. The van der Waals surface area contributed by atoms with Gasteiger partial charge in [-0.05, 0) is 31.2 Å². The Balaban J connectivity index is 1.67. The molecule has 0 saturated carbocycles. The molecular weight excluding hydrogens is 270 g/mol. The van der Waals surface area contributed by atoms with Crippen LogP contribution in [0.25, 0.3) is 11.0 Å². The predicted molar refractivity (Wildman–Crippen MR) is 77.0 cm³/mol. The zero-order valence-corrected chi connectivity index (χ0v) is 11.5. The number of carboxylic acid groups (broad SMARTS) is 1. The molecule has 108 valence electrons. The van der Waals surface area contributed by atoms with E-state index in [1.807, 2.05) is 31.2 Å². The Hall–Kier alpha value is -2.60. The number of aromatic nitrogens is 2. The van der Waals surface area contributed by atoms with Crippen LogP contribution in [0.15, 0.2) is 40.8 Å². The fourth-order valence-electron chi connectivity index (χ4n) is 2.12. The van der Waals surface area contributed by atoms with Gasteiger partial charge in [-0.3, -0.25) is 0 Å². The minimum atomic E-state index is -1.06. The summed E-state index contributed by atoms with van der Waals surface area (Å²) in [6.45, 7) is 2.42. The standard InChI is InChI=1S/C15H15N3O3/c1-9(14-17-11-4-2-3-5-12(11)18-14)16-8-10-6-7-13(21-10)15(19)20/h2-7,9,16H,8H2,1H3,(H,17,18)(H,19,20). The molecule has 1 atom stereocenters. The SMILES string of the molecule is CC(NCc1ccc(C(=O)O)o1)c1nc2ccccc2[nH]1. The number of aromatic carboxylic acids is 1. The van der Waals surface area contributed by atoms with E-state index in [4.69, 9.17) is 9.52 Å². The minimum absolute atomic E-state index is 0.00391. The van der Waals surface area contributed by atoms with E-state index in [9.17, 15) is 4.79 Å². The summed E-state index contributed by atoms with van der Waals surface area (Å²) in [5.74, 6) is 0.298. The Morgan fingerprint density at radius 2 is 2.19 bits per heavy atom. The highest BCUT2D eigenvalue weighted by molar-refractivity contribution is 5.84. The number of rotatable bonds is 5. The number of para-hydroxylation sites is 2. The fourth-order valence-corrected chi connectivity index (χ4v) is 2.12. The van der Waals surface area contributed by atoms with Gasteiger partial charge in [-0.2, -0.15) is 0 Å². The third-order valence-electron chi connectivity index (χ3n) is 3.27. The van der Waals surface area contributed by atoms with Crippen molar-refractivity contribution in [2.45, 2.75) is 19.5 Å². The van der Waals surface area contributed by atoms with Gasteiger partial charge in [0.2, 0.25) is 5.76 Å². The van der Waals surface area contributed by atoms with Crippen molar-refractivity contribution in [1.29, 1.82) is 0 Å². The Morgan fingerprint density at radius 1 is 1.38 bits per heavy atom. The van der Waals surface area contributed by atoms with Gasteiger partial charge in [0.05, 0.1) is 23.6 Å². The van der Waals surface area contributed by atoms with Crippen molar-refractivity contribution in [1.82, 2.24) is 15.3 Å². The van der Waals surface area contributed by atoms with Gasteiger partial charge >= 0.3 is 5.97 Å². The van der Waals surface area contributed by atoms with Crippen LogP contribution in [0, 0.1) is 0 Å². The summed E-state index contributed by atoms with van der Waals surface area (Å²) in [6.07, 6.45) is 0. The van der Waals surface area contributed by atoms with Crippen molar-refractivity contribution in [3.63, 3.8) is 0 Å². The third kappa shape index (κ3) is 2.80. The number of hydrogen-bond acceptors (Lipinski definition) is 4. The average Bonchev–Trinajstić information content (AvgIpc) is 3.11. The molecular formula is C15H15N3O3. The van der Waals surface area contributed by atoms with E-state index in [0.717, 1.165) is 16.9 Å². The van der Waals surface area contributed by atoms with Gasteiger partial charge in [-0.1, -0.05) is 12.1 Å². The molecule has 1 aromatic carbocycles. The topological polar surface area (TPSA) is 91.2 Å². The second-order valence-electron chi connectivity index (χ2n) is 4.81. The number of nitrogens with zero attached hydrogens (tertiary/aromatic N) is 1. The Labute approximate surface area is 120 Å². The van der Waals surface area contributed by atoms with E-state index in [-0.39, 0.29) is 11.8 Å². The maximum atomic E-state index is 10.7. The third-order valence-corrected chi connectivity index (χ3v) is 3.27. The maximum absolute atomic E-state index is 10.7. The van der Waals surface area contributed by atoms with Gasteiger partial charge in [0.25, 0.3) is 0 Å². The number of imidazole rings is 1. The normalized spacial score (nSPS) is 12.6. The highest BCUT2D eigenvalue weighted by atomic mass is 16.4. The lowest BCUT2D eigenvalue weighted by molar-refractivity contribution is 0.0660. The second-order valence-corrected chi connectivity index (χ2v) is 4.81. The van der Waals surface area contributed by atoms with E-state index in [0.29, 0.717) is 12.3 Å². The van der Waals surface area contributed by atoms with Crippen LogP contribution in [0.3, 0.4) is 0 Å². The zero-order chi connectivity index (χ0) is 14.8. The van der Waals surface area contributed by atoms with Crippen LogP contribution >= 0.6 is 0 Å². The van der Waals surface area contributed by atoms with Crippen LogP contribution in [-0.4, -0.2) is 21.0 Å². The number of carboxylic acids is 1. The van der Waals surface area contributed by atoms with Crippen molar-refractivity contribution < 1.29 is 14.3 Å². The van der Waals surface area contributed by atoms with Gasteiger partial charge in [0.1, 0.15) is 11.6 Å². The highest BCUT2D eigenvalue weighted by Gasteiger charge is 2.12. The number of fused-ring (bicyclic) bond motifs is 1.